The van der Waals surface area contributed by atoms with Crippen molar-refractivity contribution in [1.29, 1.82) is 0 Å². The Morgan fingerprint density at radius 2 is 1.70 bits per heavy atom. The van der Waals surface area contributed by atoms with Crippen molar-refractivity contribution in [2.75, 3.05) is 11.9 Å². The van der Waals surface area contributed by atoms with Crippen LogP contribution in [0.4, 0.5) is 14.9 Å². The first kappa shape index (κ1) is 22.5. The third-order valence-electron chi connectivity index (χ3n) is 5.35. The van der Waals surface area contributed by atoms with Crippen LogP contribution in [0, 0.1) is 26.6 Å². The Morgan fingerprint density at radius 1 is 1.03 bits per heavy atom. The van der Waals surface area contributed by atoms with E-state index in [1.807, 2.05) is 51.1 Å². The molecule has 168 valence electrons. The SMILES string of the molecule is Cc1ccc(-n2c(C)cc(/C=C3\SC(=O)N(CC(=O)Nc4ccc(F)cc4)C3=O)c2C)cc1. The Hall–Kier alpha value is -3.65. The quantitative estimate of drug-likeness (QED) is 0.527. The molecule has 0 aliphatic carbocycles. The van der Waals surface area contributed by atoms with Crippen molar-refractivity contribution in [3.8, 4) is 5.69 Å². The van der Waals surface area contributed by atoms with Crippen LogP contribution in [-0.4, -0.2) is 33.1 Å². The van der Waals surface area contributed by atoms with Gasteiger partial charge in [-0.05, 0) is 86.6 Å². The largest absolute Gasteiger partial charge is 0.325 e. The summed E-state index contributed by atoms with van der Waals surface area (Å²) in [6.45, 7) is 5.55. The van der Waals surface area contributed by atoms with E-state index < -0.39 is 29.4 Å². The number of aromatic nitrogens is 1. The number of thioether (sulfide) groups is 1. The second-order valence-corrected chi connectivity index (χ2v) is 8.81. The maximum atomic E-state index is 13.0. The van der Waals surface area contributed by atoms with Gasteiger partial charge in [-0.1, -0.05) is 17.7 Å². The van der Waals surface area contributed by atoms with Gasteiger partial charge in [0, 0.05) is 22.8 Å². The Bertz CT molecular complexity index is 1280. The number of imide groups is 1. The second-order valence-electron chi connectivity index (χ2n) is 7.82. The van der Waals surface area contributed by atoms with E-state index in [1.165, 1.54) is 29.8 Å². The smallest absolute Gasteiger partial charge is 0.294 e. The topological polar surface area (TPSA) is 71.4 Å². The number of carbonyl (C=O) groups excluding carboxylic acids is 3. The molecule has 4 rings (SSSR count). The molecule has 0 unspecified atom stereocenters. The number of hydrogen-bond acceptors (Lipinski definition) is 4. The fourth-order valence-corrected chi connectivity index (χ4v) is 4.51. The molecule has 33 heavy (non-hydrogen) atoms. The van der Waals surface area contributed by atoms with Crippen molar-refractivity contribution in [3.63, 3.8) is 0 Å². The summed E-state index contributed by atoms with van der Waals surface area (Å²) in [6.07, 6.45) is 1.69. The predicted molar refractivity (Wildman–Crippen MR) is 128 cm³/mol. The van der Waals surface area contributed by atoms with Gasteiger partial charge in [0.05, 0.1) is 4.91 Å². The number of nitrogens with one attached hydrogen (secondary N) is 1. The highest BCUT2D eigenvalue weighted by molar-refractivity contribution is 8.18. The van der Waals surface area contributed by atoms with Gasteiger partial charge in [0.15, 0.2) is 0 Å². The molecule has 3 amide bonds. The summed E-state index contributed by atoms with van der Waals surface area (Å²) < 4.78 is 15.1. The number of amides is 3. The van der Waals surface area contributed by atoms with Crippen molar-refractivity contribution < 1.29 is 18.8 Å². The number of rotatable bonds is 5. The summed E-state index contributed by atoms with van der Waals surface area (Å²) in [5.41, 5.74) is 5.33. The van der Waals surface area contributed by atoms with Crippen molar-refractivity contribution in [2.24, 2.45) is 0 Å². The lowest BCUT2D eigenvalue weighted by atomic mass is 10.2. The number of halogens is 1. The third-order valence-corrected chi connectivity index (χ3v) is 6.26. The normalized spacial score (nSPS) is 14.9. The molecule has 0 atom stereocenters. The van der Waals surface area contributed by atoms with Crippen molar-refractivity contribution in [3.05, 3.63) is 87.8 Å². The van der Waals surface area contributed by atoms with Crippen molar-refractivity contribution >= 4 is 40.6 Å². The van der Waals surface area contributed by atoms with Crippen LogP contribution in [-0.2, 0) is 9.59 Å². The number of benzene rings is 2. The van der Waals surface area contributed by atoms with Gasteiger partial charge in [-0.25, -0.2) is 4.39 Å². The first-order valence-corrected chi connectivity index (χ1v) is 11.1. The first-order chi connectivity index (χ1) is 15.7. The molecule has 0 spiro atoms. The minimum absolute atomic E-state index is 0.263. The molecular weight excluding hydrogens is 441 g/mol. The fourth-order valence-electron chi connectivity index (χ4n) is 3.68. The van der Waals surface area contributed by atoms with Crippen molar-refractivity contribution in [1.82, 2.24) is 9.47 Å². The predicted octanol–water partition coefficient (Wildman–Crippen LogP) is 5.22. The van der Waals surface area contributed by atoms with Gasteiger partial charge in [0.1, 0.15) is 12.4 Å². The molecule has 1 aromatic heterocycles. The van der Waals surface area contributed by atoms with Gasteiger partial charge in [-0.2, -0.15) is 0 Å². The van der Waals surface area contributed by atoms with Crippen LogP contribution in [0.25, 0.3) is 11.8 Å². The summed E-state index contributed by atoms with van der Waals surface area (Å²) in [5, 5.41) is 2.05. The van der Waals surface area contributed by atoms with Gasteiger partial charge in [-0.3, -0.25) is 19.3 Å². The molecule has 0 bridgehead atoms. The monoisotopic (exact) mass is 463 g/mol. The van der Waals surface area contributed by atoms with Gasteiger partial charge in [0.25, 0.3) is 11.1 Å². The van der Waals surface area contributed by atoms with Crippen LogP contribution in [0.1, 0.15) is 22.5 Å². The fraction of sp³-hybridized carbons (Fsp3) is 0.160. The standard InChI is InChI=1S/C25H22FN3O3S/c1-15-4-10-21(11-5-15)29-16(2)12-18(17(29)3)13-22-24(31)28(25(32)33-22)14-23(30)27-20-8-6-19(26)7-9-20/h4-13H,14H2,1-3H3,(H,27,30)/b22-13-. The van der Waals surface area contributed by atoms with Crippen LogP contribution in [0.2, 0.25) is 0 Å². The summed E-state index contributed by atoms with van der Waals surface area (Å²) >= 11 is 0.808. The first-order valence-electron chi connectivity index (χ1n) is 10.3. The second kappa shape index (κ2) is 9.07. The van der Waals surface area contributed by atoms with E-state index >= 15 is 0 Å². The van der Waals surface area contributed by atoms with E-state index in [4.69, 9.17) is 0 Å². The Kier molecular flexibility index (Phi) is 6.20. The molecule has 1 fully saturated rings. The van der Waals surface area contributed by atoms with Crippen LogP contribution in [0.3, 0.4) is 0 Å². The van der Waals surface area contributed by atoms with E-state index in [2.05, 4.69) is 9.88 Å². The van der Waals surface area contributed by atoms with Crippen LogP contribution < -0.4 is 5.32 Å². The lowest BCUT2D eigenvalue weighted by Crippen LogP contribution is -2.36. The molecule has 8 heteroatoms. The molecule has 1 aliphatic heterocycles. The number of hydrogen-bond donors (Lipinski definition) is 1. The molecule has 1 aliphatic rings. The Labute approximate surface area is 195 Å². The number of nitrogens with zero attached hydrogens (tertiary/aromatic N) is 2. The molecule has 0 radical (unpaired) electrons. The lowest BCUT2D eigenvalue weighted by Gasteiger charge is -2.12. The van der Waals surface area contributed by atoms with Crippen LogP contribution in [0.5, 0.6) is 0 Å². The Balaban J connectivity index is 1.52. The average molecular weight is 464 g/mol. The number of carbonyl (C=O) groups is 3. The van der Waals surface area contributed by atoms with E-state index in [1.54, 1.807) is 6.08 Å². The molecule has 2 aromatic carbocycles. The van der Waals surface area contributed by atoms with E-state index in [0.717, 1.165) is 39.3 Å². The molecule has 2 heterocycles. The van der Waals surface area contributed by atoms with Gasteiger partial charge < -0.3 is 9.88 Å². The van der Waals surface area contributed by atoms with Gasteiger partial charge >= 0.3 is 0 Å². The molecule has 1 saturated heterocycles. The maximum absolute atomic E-state index is 13.0. The zero-order valence-corrected chi connectivity index (χ0v) is 19.2. The lowest BCUT2D eigenvalue weighted by molar-refractivity contribution is -0.127. The summed E-state index contributed by atoms with van der Waals surface area (Å²) in [5.74, 6) is -1.48. The highest BCUT2D eigenvalue weighted by atomic mass is 32.2. The van der Waals surface area contributed by atoms with E-state index in [-0.39, 0.29) is 4.91 Å². The van der Waals surface area contributed by atoms with Crippen LogP contribution >= 0.6 is 11.8 Å². The highest BCUT2D eigenvalue weighted by Crippen LogP contribution is 2.33. The minimum Gasteiger partial charge on any atom is -0.325 e. The van der Waals surface area contributed by atoms with E-state index in [9.17, 15) is 18.8 Å². The maximum Gasteiger partial charge on any atom is 0.294 e. The molecule has 1 N–H and O–H groups in total. The average Bonchev–Trinajstić information content (AvgIpc) is 3.20. The molecule has 0 saturated carbocycles. The summed E-state index contributed by atoms with van der Waals surface area (Å²) in [6, 6.07) is 15.4. The zero-order valence-electron chi connectivity index (χ0n) is 18.4. The third kappa shape index (κ3) is 4.75. The number of aryl methyl sites for hydroxylation is 2. The molecule has 6 nitrogen and oxygen atoms in total. The molecule has 3 aromatic rings. The highest BCUT2D eigenvalue weighted by Gasteiger charge is 2.36. The zero-order chi connectivity index (χ0) is 23.7. The van der Waals surface area contributed by atoms with E-state index in [0.29, 0.717) is 5.69 Å². The molecular formula is C25H22FN3O3S. The van der Waals surface area contributed by atoms with Crippen molar-refractivity contribution in [2.45, 2.75) is 20.8 Å². The summed E-state index contributed by atoms with van der Waals surface area (Å²) in [4.78, 5) is 38.7. The van der Waals surface area contributed by atoms with Crippen LogP contribution in [0.15, 0.2) is 59.5 Å². The van der Waals surface area contributed by atoms with Gasteiger partial charge in [-0.15, -0.1) is 0 Å². The minimum atomic E-state index is -0.539. The summed E-state index contributed by atoms with van der Waals surface area (Å²) in [7, 11) is 0. The Morgan fingerprint density at radius 3 is 2.36 bits per heavy atom. The number of anilines is 1. The van der Waals surface area contributed by atoms with Gasteiger partial charge in [0.2, 0.25) is 5.91 Å².